The molecular weight excluding hydrogens is 234 g/mol. The molecule has 2 heteroatoms. The van der Waals surface area contributed by atoms with Gasteiger partial charge in [-0.15, -0.1) is 0 Å². The van der Waals surface area contributed by atoms with E-state index in [0.717, 1.165) is 19.6 Å². The van der Waals surface area contributed by atoms with Gasteiger partial charge in [0, 0.05) is 21.8 Å². The molecule has 4 rings (SSSR count). The monoisotopic (exact) mass is 251 g/mol. The first-order chi connectivity index (χ1) is 9.45. The first-order valence-electron chi connectivity index (χ1n) is 6.63. The Morgan fingerprint density at radius 2 is 1.42 bits per heavy atom. The lowest BCUT2D eigenvalue weighted by molar-refractivity contribution is 0.158. The van der Waals surface area contributed by atoms with Crippen LogP contribution >= 0.6 is 0 Å². The van der Waals surface area contributed by atoms with Gasteiger partial charge in [0.2, 0.25) is 0 Å². The van der Waals surface area contributed by atoms with Gasteiger partial charge in [-0.3, -0.25) is 0 Å². The van der Waals surface area contributed by atoms with Crippen molar-refractivity contribution in [2.45, 2.75) is 6.42 Å². The quantitative estimate of drug-likeness (QED) is 0.592. The predicted molar refractivity (Wildman–Crippen MR) is 80.4 cm³/mol. The van der Waals surface area contributed by atoms with Crippen LogP contribution in [0.5, 0.6) is 0 Å². The first-order valence-corrected chi connectivity index (χ1v) is 6.63. The van der Waals surface area contributed by atoms with Crippen molar-refractivity contribution in [1.82, 2.24) is 4.98 Å². The Morgan fingerprint density at radius 1 is 0.789 bits per heavy atom. The number of hydrogen-bond acceptors (Lipinski definition) is 1. The first kappa shape index (κ1) is 12.0. The lowest BCUT2D eigenvalue weighted by Crippen LogP contribution is -1.96. The van der Waals surface area contributed by atoms with Crippen LogP contribution in [0.3, 0.4) is 0 Å². The Morgan fingerprint density at radius 3 is 1.84 bits per heavy atom. The van der Waals surface area contributed by atoms with E-state index in [1.165, 1.54) is 21.8 Å². The maximum Gasteiger partial charge on any atom is 0.0647 e. The summed E-state index contributed by atoms with van der Waals surface area (Å²) in [6, 6.07) is 16.8. The number of H-pyrrole nitrogens is 1. The average molecular weight is 251 g/mol. The summed E-state index contributed by atoms with van der Waals surface area (Å²) >= 11 is 0. The number of ether oxygens (including phenoxy) is 1. The molecule has 2 heterocycles. The molecule has 0 saturated carbocycles. The van der Waals surface area contributed by atoms with E-state index in [9.17, 15) is 0 Å². The lowest BCUT2D eigenvalue weighted by Gasteiger charge is -2.00. The number of aromatic nitrogens is 1. The van der Waals surface area contributed by atoms with E-state index in [-0.39, 0.29) is 0 Å². The second-order valence-corrected chi connectivity index (χ2v) is 4.55. The number of nitrogens with one attached hydrogen (secondary N) is 1. The number of aromatic amines is 1. The average Bonchev–Trinajstić information content (AvgIpc) is 2.88. The molecule has 0 amide bonds. The minimum absolute atomic E-state index is 0.819. The van der Waals surface area contributed by atoms with Gasteiger partial charge in [-0.2, -0.15) is 0 Å². The summed E-state index contributed by atoms with van der Waals surface area (Å²) in [4.78, 5) is 3.38. The number of para-hydroxylation sites is 2. The van der Waals surface area contributed by atoms with Gasteiger partial charge in [0.25, 0.3) is 0 Å². The van der Waals surface area contributed by atoms with E-state index in [2.05, 4.69) is 59.6 Å². The molecule has 0 aliphatic carbocycles. The SMILES string of the molecule is C1=CCOCC1.c1ccc2c(c1)[nH]c1ccccc12. The maximum absolute atomic E-state index is 4.98. The van der Waals surface area contributed by atoms with Crippen LogP contribution in [-0.2, 0) is 4.74 Å². The van der Waals surface area contributed by atoms with Gasteiger partial charge in [0.05, 0.1) is 13.2 Å². The molecule has 1 aromatic heterocycles. The van der Waals surface area contributed by atoms with Crippen molar-refractivity contribution in [3.05, 3.63) is 60.7 Å². The van der Waals surface area contributed by atoms with Crippen molar-refractivity contribution >= 4 is 21.8 Å². The van der Waals surface area contributed by atoms with E-state index in [1.807, 2.05) is 6.08 Å². The summed E-state index contributed by atoms with van der Waals surface area (Å²) in [5.41, 5.74) is 2.42. The van der Waals surface area contributed by atoms with E-state index in [0.29, 0.717) is 0 Å². The highest BCUT2D eigenvalue weighted by Gasteiger charge is 2.00. The van der Waals surface area contributed by atoms with Gasteiger partial charge in [-0.05, 0) is 18.6 Å². The molecule has 0 radical (unpaired) electrons. The highest BCUT2D eigenvalue weighted by atomic mass is 16.5. The second kappa shape index (κ2) is 5.72. The van der Waals surface area contributed by atoms with Crippen molar-refractivity contribution in [3.8, 4) is 0 Å². The molecule has 2 aromatic carbocycles. The lowest BCUT2D eigenvalue weighted by atomic mass is 10.2. The van der Waals surface area contributed by atoms with Crippen LogP contribution in [0.15, 0.2) is 60.7 Å². The smallest absolute Gasteiger partial charge is 0.0647 e. The zero-order valence-electron chi connectivity index (χ0n) is 10.8. The van der Waals surface area contributed by atoms with E-state index < -0.39 is 0 Å². The van der Waals surface area contributed by atoms with Crippen molar-refractivity contribution in [3.63, 3.8) is 0 Å². The number of rotatable bonds is 0. The molecule has 3 aromatic rings. The third-order valence-corrected chi connectivity index (χ3v) is 3.22. The fraction of sp³-hybridized carbons (Fsp3) is 0.176. The fourth-order valence-corrected chi connectivity index (χ4v) is 2.29. The molecule has 1 aliphatic heterocycles. The summed E-state index contributed by atoms with van der Waals surface area (Å²) in [5.74, 6) is 0. The molecule has 0 atom stereocenters. The molecule has 96 valence electrons. The van der Waals surface area contributed by atoms with Crippen molar-refractivity contribution < 1.29 is 4.74 Å². The summed E-state index contributed by atoms with van der Waals surface area (Å²) < 4.78 is 4.98. The molecule has 0 spiro atoms. The Kier molecular flexibility index (Phi) is 3.61. The third kappa shape index (κ3) is 2.69. The molecule has 1 N–H and O–H groups in total. The fourth-order valence-electron chi connectivity index (χ4n) is 2.29. The number of fused-ring (bicyclic) bond motifs is 3. The van der Waals surface area contributed by atoms with Crippen LogP contribution < -0.4 is 0 Å². The molecular formula is C17H17NO. The zero-order valence-corrected chi connectivity index (χ0v) is 10.8. The molecule has 0 saturated heterocycles. The van der Waals surface area contributed by atoms with Crippen LogP contribution in [0.25, 0.3) is 21.8 Å². The number of hydrogen-bond donors (Lipinski definition) is 1. The van der Waals surface area contributed by atoms with Gasteiger partial charge in [-0.25, -0.2) is 0 Å². The van der Waals surface area contributed by atoms with Crippen LogP contribution in [0.2, 0.25) is 0 Å². The summed E-state index contributed by atoms with van der Waals surface area (Å²) in [7, 11) is 0. The zero-order chi connectivity index (χ0) is 12.9. The highest BCUT2D eigenvalue weighted by molar-refractivity contribution is 6.06. The molecule has 2 nitrogen and oxygen atoms in total. The molecule has 19 heavy (non-hydrogen) atoms. The van der Waals surface area contributed by atoms with Crippen molar-refractivity contribution in [1.29, 1.82) is 0 Å². The summed E-state index contributed by atoms with van der Waals surface area (Å²) in [6.45, 7) is 1.73. The summed E-state index contributed by atoms with van der Waals surface area (Å²) in [6.07, 6.45) is 5.28. The van der Waals surface area contributed by atoms with E-state index >= 15 is 0 Å². The van der Waals surface area contributed by atoms with Crippen molar-refractivity contribution in [2.24, 2.45) is 0 Å². The van der Waals surface area contributed by atoms with E-state index in [4.69, 9.17) is 4.74 Å². The Balaban J connectivity index is 0.000000155. The molecule has 0 fully saturated rings. The van der Waals surface area contributed by atoms with Gasteiger partial charge in [-0.1, -0.05) is 48.6 Å². The minimum atomic E-state index is 0.819. The summed E-state index contributed by atoms with van der Waals surface area (Å²) in [5, 5.41) is 2.61. The Bertz CT molecular complexity index is 638. The van der Waals surface area contributed by atoms with Crippen LogP contribution in [0, 0.1) is 0 Å². The van der Waals surface area contributed by atoms with E-state index in [1.54, 1.807) is 0 Å². The normalized spacial score (nSPS) is 14.3. The highest BCUT2D eigenvalue weighted by Crippen LogP contribution is 2.24. The van der Waals surface area contributed by atoms with Gasteiger partial charge < -0.3 is 9.72 Å². The molecule has 1 aliphatic rings. The number of benzene rings is 2. The van der Waals surface area contributed by atoms with Crippen LogP contribution in [0.1, 0.15) is 6.42 Å². The van der Waals surface area contributed by atoms with Crippen LogP contribution in [-0.4, -0.2) is 18.2 Å². The third-order valence-electron chi connectivity index (χ3n) is 3.22. The Hall–Kier alpha value is -2.06. The largest absolute Gasteiger partial charge is 0.377 e. The van der Waals surface area contributed by atoms with Crippen molar-refractivity contribution in [2.75, 3.05) is 13.2 Å². The molecule has 0 unspecified atom stereocenters. The van der Waals surface area contributed by atoms with Gasteiger partial charge in [0.15, 0.2) is 0 Å². The Labute approximate surface area is 112 Å². The second-order valence-electron chi connectivity index (χ2n) is 4.55. The standard InChI is InChI=1S/C12H9N.C5H8O/c1-3-7-11-9(5-1)10-6-2-4-8-12(10)13-11;1-2-4-6-5-3-1/h1-8,13H;1-2H,3-5H2. The molecule has 0 bridgehead atoms. The minimum Gasteiger partial charge on any atom is -0.377 e. The topological polar surface area (TPSA) is 25.0 Å². The van der Waals surface area contributed by atoms with Gasteiger partial charge in [0.1, 0.15) is 0 Å². The van der Waals surface area contributed by atoms with Crippen LogP contribution in [0.4, 0.5) is 0 Å². The predicted octanol–water partition coefficient (Wildman–Crippen LogP) is 4.28. The van der Waals surface area contributed by atoms with Gasteiger partial charge >= 0.3 is 0 Å². The maximum atomic E-state index is 4.98.